The molecule has 35 heavy (non-hydrogen) atoms. The Morgan fingerprint density at radius 3 is 2.77 bits per heavy atom. The van der Waals surface area contributed by atoms with Gasteiger partial charge in [0.05, 0.1) is 40.3 Å². The number of para-hydroxylation sites is 2. The molecule has 0 aliphatic carbocycles. The Morgan fingerprint density at radius 2 is 2.03 bits per heavy atom. The van der Waals surface area contributed by atoms with Crippen molar-refractivity contribution in [2.45, 2.75) is 51.4 Å². The van der Waals surface area contributed by atoms with Crippen LogP contribution in [0.4, 0.5) is 16.7 Å². The summed E-state index contributed by atoms with van der Waals surface area (Å²) in [7, 11) is 0. The van der Waals surface area contributed by atoms with Crippen LogP contribution in [0.5, 0.6) is 0 Å². The number of nitrogens with one attached hydrogen (secondary N) is 2. The van der Waals surface area contributed by atoms with E-state index in [0.717, 1.165) is 27.8 Å². The van der Waals surface area contributed by atoms with Gasteiger partial charge in [0.15, 0.2) is 5.65 Å². The second-order valence-electron chi connectivity index (χ2n) is 9.96. The number of aromatic amines is 1. The number of rotatable bonds is 4. The van der Waals surface area contributed by atoms with Crippen LogP contribution >= 0.6 is 15.9 Å². The summed E-state index contributed by atoms with van der Waals surface area (Å²) in [4.78, 5) is 34.2. The number of amides is 1. The van der Waals surface area contributed by atoms with Gasteiger partial charge < -0.3 is 24.8 Å². The summed E-state index contributed by atoms with van der Waals surface area (Å²) in [6.45, 7) is 7.37. The summed E-state index contributed by atoms with van der Waals surface area (Å²) in [6.07, 6.45) is 2.32. The molecule has 2 bridgehead atoms. The number of piperazine rings is 1. The van der Waals surface area contributed by atoms with Crippen molar-refractivity contribution >= 4 is 50.6 Å². The van der Waals surface area contributed by atoms with Crippen molar-refractivity contribution in [3.05, 3.63) is 40.8 Å². The van der Waals surface area contributed by atoms with E-state index < -0.39 is 5.60 Å². The number of halogens is 1. The van der Waals surface area contributed by atoms with Crippen molar-refractivity contribution in [1.29, 1.82) is 0 Å². The normalized spacial score (nSPS) is 19.8. The first kappa shape index (κ1) is 22.1. The van der Waals surface area contributed by atoms with Gasteiger partial charge in [-0.25, -0.2) is 9.78 Å². The highest BCUT2D eigenvalue weighted by molar-refractivity contribution is 9.10. The molecule has 2 saturated heterocycles. The van der Waals surface area contributed by atoms with Crippen LogP contribution in [-0.4, -0.2) is 71.3 Å². The number of imidazole rings is 1. The third-order valence-electron chi connectivity index (χ3n) is 6.29. The molecule has 0 unspecified atom stereocenters. The predicted octanol–water partition coefficient (Wildman–Crippen LogP) is 3.57. The standard InChI is InChI=1S/C23H26BrN9O2/c1-23(2,3)35-22(34)32-12-13-8-14(32)11-31(13)21-29-19-15(24)9-26-33(19)20(30-21)25-10-18-27-16-6-4-5-7-17(16)28-18/h4-7,9,13-14H,8,10-12H2,1-3H3,(H,27,28)(H,25,29,30)/t13-,14-/m1/s1. The highest BCUT2D eigenvalue weighted by Gasteiger charge is 2.47. The maximum Gasteiger partial charge on any atom is 0.410 e. The van der Waals surface area contributed by atoms with E-state index in [2.05, 4.69) is 41.2 Å². The fraction of sp³-hybridized carbons (Fsp3) is 0.435. The van der Waals surface area contributed by atoms with E-state index in [1.807, 2.05) is 49.9 Å². The number of hydrogen-bond donors (Lipinski definition) is 2. The maximum atomic E-state index is 12.6. The Morgan fingerprint density at radius 1 is 1.20 bits per heavy atom. The van der Waals surface area contributed by atoms with Crippen LogP contribution in [0.3, 0.4) is 0 Å². The summed E-state index contributed by atoms with van der Waals surface area (Å²) in [6, 6.07) is 8.14. The molecule has 0 spiro atoms. The summed E-state index contributed by atoms with van der Waals surface area (Å²) in [5.74, 6) is 1.99. The van der Waals surface area contributed by atoms with Crippen molar-refractivity contribution in [1.82, 2.24) is 34.4 Å². The Labute approximate surface area is 210 Å². The van der Waals surface area contributed by atoms with Crippen LogP contribution in [0.2, 0.25) is 0 Å². The Balaban J connectivity index is 1.24. The SMILES string of the molecule is CC(C)(C)OC(=O)N1C[C@H]2C[C@@H]1CN2c1nc(NCc2nc3ccccc3[nH]2)n2ncc(Br)c2n1. The first-order valence-corrected chi connectivity index (χ1v) is 12.4. The van der Waals surface area contributed by atoms with Gasteiger partial charge in [0.25, 0.3) is 0 Å². The first-order valence-electron chi connectivity index (χ1n) is 11.6. The lowest BCUT2D eigenvalue weighted by molar-refractivity contribution is 0.0214. The lowest BCUT2D eigenvalue weighted by Gasteiger charge is -2.35. The number of ether oxygens (including phenoxy) is 1. The lowest BCUT2D eigenvalue weighted by Crippen LogP contribution is -2.50. The molecule has 182 valence electrons. The molecule has 5 heterocycles. The van der Waals surface area contributed by atoms with Crippen LogP contribution in [0.15, 0.2) is 34.9 Å². The minimum atomic E-state index is -0.512. The monoisotopic (exact) mass is 539 g/mol. The molecule has 2 fully saturated rings. The molecule has 1 aromatic carbocycles. The Kier molecular flexibility index (Phi) is 5.09. The van der Waals surface area contributed by atoms with Gasteiger partial charge in [-0.2, -0.15) is 19.6 Å². The summed E-state index contributed by atoms with van der Waals surface area (Å²) in [5.41, 5.74) is 2.07. The second kappa shape index (κ2) is 8.08. The van der Waals surface area contributed by atoms with E-state index >= 15 is 0 Å². The molecule has 3 aromatic heterocycles. The van der Waals surface area contributed by atoms with E-state index in [4.69, 9.17) is 14.7 Å². The van der Waals surface area contributed by atoms with Crippen LogP contribution in [0.1, 0.15) is 33.0 Å². The van der Waals surface area contributed by atoms with Gasteiger partial charge in [0.2, 0.25) is 11.9 Å². The zero-order valence-corrected chi connectivity index (χ0v) is 21.3. The second-order valence-corrected chi connectivity index (χ2v) is 10.8. The number of carbonyl (C=O) groups excluding carboxylic acids is 1. The van der Waals surface area contributed by atoms with Gasteiger partial charge in [0, 0.05) is 13.1 Å². The number of carbonyl (C=O) groups is 1. The summed E-state index contributed by atoms with van der Waals surface area (Å²) >= 11 is 3.55. The molecule has 11 nitrogen and oxygen atoms in total. The predicted molar refractivity (Wildman–Crippen MR) is 134 cm³/mol. The van der Waals surface area contributed by atoms with E-state index in [-0.39, 0.29) is 18.2 Å². The number of fused-ring (bicyclic) bond motifs is 4. The van der Waals surface area contributed by atoms with E-state index in [1.165, 1.54) is 0 Å². The third kappa shape index (κ3) is 4.05. The average molecular weight is 540 g/mol. The number of aromatic nitrogens is 6. The van der Waals surface area contributed by atoms with Gasteiger partial charge >= 0.3 is 6.09 Å². The minimum Gasteiger partial charge on any atom is -0.444 e. The number of nitrogens with zero attached hydrogens (tertiary/aromatic N) is 7. The first-order chi connectivity index (χ1) is 16.7. The molecular weight excluding hydrogens is 514 g/mol. The fourth-order valence-electron chi connectivity index (χ4n) is 4.79. The van der Waals surface area contributed by atoms with Crippen molar-refractivity contribution in [3.63, 3.8) is 0 Å². The van der Waals surface area contributed by atoms with Crippen LogP contribution < -0.4 is 10.2 Å². The number of benzene rings is 1. The lowest BCUT2D eigenvalue weighted by atomic mass is 10.2. The Bertz CT molecular complexity index is 1390. The van der Waals surface area contributed by atoms with Gasteiger partial charge in [-0.05, 0) is 55.3 Å². The van der Waals surface area contributed by atoms with E-state index in [1.54, 1.807) is 10.7 Å². The smallest absolute Gasteiger partial charge is 0.410 e. The molecule has 0 saturated carbocycles. The molecule has 1 amide bonds. The van der Waals surface area contributed by atoms with Gasteiger partial charge in [-0.3, -0.25) is 0 Å². The third-order valence-corrected chi connectivity index (χ3v) is 6.85. The molecule has 2 aliphatic heterocycles. The zero-order chi connectivity index (χ0) is 24.3. The largest absolute Gasteiger partial charge is 0.444 e. The number of hydrogen-bond acceptors (Lipinski definition) is 8. The van der Waals surface area contributed by atoms with E-state index in [0.29, 0.717) is 37.2 Å². The summed E-state index contributed by atoms with van der Waals surface area (Å²) in [5, 5.41) is 7.78. The number of anilines is 2. The highest BCUT2D eigenvalue weighted by Crippen LogP contribution is 2.35. The molecular formula is C23H26BrN9O2. The number of likely N-dealkylation sites (tertiary alicyclic amines) is 1. The molecule has 0 radical (unpaired) electrons. The summed E-state index contributed by atoms with van der Waals surface area (Å²) < 4.78 is 8.06. The molecule has 12 heteroatoms. The van der Waals surface area contributed by atoms with Crippen molar-refractivity contribution in [3.8, 4) is 0 Å². The molecule has 2 N–H and O–H groups in total. The zero-order valence-electron chi connectivity index (χ0n) is 19.7. The molecule has 4 aromatic rings. The quantitative estimate of drug-likeness (QED) is 0.404. The fourth-order valence-corrected chi connectivity index (χ4v) is 5.14. The van der Waals surface area contributed by atoms with Gasteiger partial charge in [0.1, 0.15) is 11.4 Å². The Hall–Kier alpha value is -3.41. The van der Waals surface area contributed by atoms with Crippen molar-refractivity contribution in [2.75, 3.05) is 23.3 Å². The molecule has 2 atom stereocenters. The molecule has 2 aliphatic rings. The maximum absolute atomic E-state index is 12.6. The van der Waals surface area contributed by atoms with Crippen molar-refractivity contribution in [2.24, 2.45) is 0 Å². The van der Waals surface area contributed by atoms with Crippen LogP contribution in [0.25, 0.3) is 16.7 Å². The van der Waals surface area contributed by atoms with E-state index in [9.17, 15) is 4.79 Å². The topological polar surface area (TPSA) is 117 Å². The minimum absolute atomic E-state index is 0.0787. The molecule has 6 rings (SSSR count). The average Bonchev–Trinajstić information content (AvgIpc) is 3.58. The van der Waals surface area contributed by atoms with Gasteiger partial charge in [-0.15, -0.1) is 0 Å². The van der Waals surface area contributed by atoms with Gasteiger partial charge in [-0.1, -0.05) is 12.1 Å². The number of H-pyrrole nitrogens is 1. The van der Waals surface area contributed by atoms with Crippen LogP contribution in [0, 0.1) is 0 Å². The van der Waals surface area contributed by atoms with Crippen LogP contribution in [-0.2, 0) is 11.3 Å². The highest BCUT2D eigenvalue weighted by atomic mass is 79.9. The van der Waals surface area contributed by atoms with Crippen molar-refractivity contribution < 1.29 is 9.53 Å².